The van der Waals surface area contributed by atoms with Crippen molar-refractivity contribution in [3.8, 4) is 0 Å². The first-order chi connectivity index (χ1) is 10.5. The summed E-state index contributed by atoms with van der Waals surface area (Å²) >= 11 is 0. The largest absolute Gasteiger partial charge is 0.380 e. The minimum atomic E-state index is -2.81. The van der Waals surface area contributed by atoms with Gasteiger partial charge in [-0.05, 0) is 35.6 Å². The van der Waals surface area contributed by atoms with E-state index in [0.717, 1.165) is 18.4 Å². The minimum absolute atomic E-state index is 0.0139. The fourth-order valence-electron chi connectivity index (χ4n) is 2.67. The lowest BCUT2D eigenvalue weighted by Crippen LogP contribution is -2.32. The Hall–Kier alpha value is -2.14. The van der Waals surface area contributed by atoms with E-state index in [-0.39, 0.29) is 11.6 Å². The highest BCUT2D eigenvalue weighted by Gasteiger charge is 2.25. The second kappa shape index (κ2) is 5.93. The number of rotatable bonds is 3. The molecule has 0 radical (unpaired) electrons. The van der Waals surface area contributed by atoms with Gasteiger partial charge in [-0.25, -0.2) is 0 Å². The molecular weight excluding hydrogens is 278 g/mol. The number of aliphatic hydroxyl groups is 3. The second-order valence-electron chi connectivity index (χ2n) is 5.52. The van der Waals surface area contributed by atoms with Crippen LogP contribution in [0.5, 0.6) is 0 Å². The molecule has 2 aliphatic rings. The van der Waals surface area contributed by atoms with Gasteiger partial charge in [-0.2, -0.15) is 0 Å². The maximum atomic E-state index is 9.15. The lowest BCUT2D eigenvalue weighted by Gasteiger charge is -2.23. The molecule has 0 amide bonds. The molecular formula is C18H19NO3. The van der Waals surface area contributed by atoms with Crippen LogP contribution in [0.15, 0.2) is 66.4 Å². The van der Waals surface area contributed by atoms with Crippen molar-refractivity contribution in [3.63, 3.8) is 0 Å². The van der Waals surface area contributed by atoms with Crippen LogP contribution in [0, 0.1) is 0 Å². The molecule has 1 aliphatic heterocycles. The van der Waals surface area contributed by atoms with E-state index in [1.807, 2.05) is 12.1 Å². The van der Waals surface area contributed by atoms with Gasteiger partial charge in [0.15, 0.2) is 0 Å². The Labute approximate surface area is 129 Å². The standard InChI is InChI=1S/C18H19NO3/c20-18(21,22)16-9-10-17(19-12-16)15-8-4-7-14(11-15)13-5-2-1-3-6-13/h1-2,4-5,7-12,17,19-22H,3,6H2. The van der Waals surface area contributed by atoms with Crippen molar-refractivity contribution in [2.45, 2.75) is 24.9 Å². The molecule has 1 heterocycles. The summed E-state index contributed by atoms with van der Waals surface area (Å²) in [5.41, 5.74) is 3.62. The van der Waals surface area contributed by atoms with E-state index in [4.69, 9.17) is 15.3 Å². The van der Waals surface area contributed by atoms with Crippen LogP contribution in [0.2, 0.25) is 0 Å². The zero-order chi connectivity index (χ0) is 15.6. The summed E-state index contributed by atoms with van der Waals surface area (Å²) in [6.45, 7) is 0. The van der Waals surface area contributed by atoms with Gasteiger partial charge < -0.3 is 20.6 Å². The highest BCUT2D eigenvalue weighted by molar-refractivity contribution is 5.68. The third kappa shape index (κ3) is 3.20. The summed E-state index contributed by atoms with van der Waals surface area (Å²) in [6.07, 6.45) is 13.2. The normalized spacial score (nSPS) is 21.1. The summed E-state index contributed by atoms with van der Waals surface area (Å²) in [6, 6.07) is 8.21. The van der Waals surface area contributed by atoms with Crippen molar-refractivity contribution in [2.75, 3.05) is 0 Å². The Morgan fingerprint density at radius 2 is 2.05 bits per heavy atom. The van der Waals surface area contributed by atoms with Gasteiger partial charge in [0.2, 0.25) is 0 Å². The molecule has 22 heavy (non-hydrogen) atoms. The van der Waals surface area contributed by atoms with Gasteiger partial charge in [0.05, 0.1) is 11.6 Å². The first kappa shape index (κ1) is 14.8. The molecule has 4 N–H and O–H groups in total. The molecule has 114 valence electrons. The van der Waals surface area contributed by atoms with Crippen molar-refractivity contribution in [1.82, 2.24) is 5.32 Å². The van der Waals surface area contributed by atoms with Crippen LogP contribution >= 0.6 is 0 Å². The number of allylic oxidation sites excluding steroid dienone is 4. The molecule has 1 aromatic rings. The van der Waals surface area contributed by atoms with Crippen molar-refractivity contribution in [2.24, 2.45) is 0 Å². The summed E-state index contributed by atoms with van der Waals surface area (Å²) < 4.78 is 0. The van der Waals surface area contributed by atoms with Crippen LogP contribution in [0.3, 0.4) is 0 Å². The topological polar surface area (TPSA) is 72.7 Å². The molecule has 0 bridgehead atoms. The predicted octanol–water partition coefficient (Wildman–Crippen LogP) is 2.14. The van der Waals surface area contributed by atoms with Gasteiger partial charge in [-0.15, -0.1) is 0 Å². The molecule has 1 aromatic carbocycles. The molecule has 1 aliphatic carbocycles. The first-order valence-corrected chi connectivity index (χ1v) is 7.32. The third-order valence-electron chi connectivity index (χ3n) is 3.90. The van der Waals surface area contributed by atoms with Crippen LogP contribution in [0.25, 0.3) is 5.57 Å². The summed E-state index contributed by atoms with van der Waals surface area (Å²) in [5.74, 6) is -2.81. The Morgan fingerprint density at radius 1 is 1.18 bits per heavy atom. The van der Waals surface area contributed by atoms with E-state index in [2.05, 4.69) is 35.7 Å². The first-order valence-electron chi connectivity index (χ1n) is 7.32. The number of dihydropyridines is 1. The average Bonchev–Trinajstić information content (AvgIpc) is 2.55. The van der Waals surface area contributed by atoms with Crippen LogP contribution in [0.1, 0.15) is 30.0 Å². The van der Waals surface area contributed by atoms with Gasteiger partial charge in [0.1, 0.15) is 0 Å². The quantitative estimate of drug-likeness (QED) is 0.645. The summed E-state index contributed by atoms with van der Waals surface area (Å²) in [7, 11) is 0. The van der Waals surface area contributed by atoms with Crippen LogP contribution < -0.4 is 5.32 Å². The Bertz CT molecular complexity index is 678. The average molecular weight is 297 g/mol. The Morgan fingerprint density at radius 3 is 2.68 bits per heavy atom. The minimum Gasteiger partial charge on any atom is -0.380 e. The third-order valence-corrected chi connectivity index (χ3v) is 3.90. The zero-order valence-corrected chi connectivity index (χ0v) is 12.1. The van der Waals surface area contributed by atoms with Gasteiger partial charge in [-0.3, -0.25) is 0 Å². The molecule has 0 aromatic heterocycles. The number of nitrogens with one attached hydrogen (secondary N) is 1. The van der Waals surface area contributed by atoms with Crippen molar-refractivity contribution in [1.29, 1.82) is 0 Å². The van der Waals surface area contributed by atoms with E-state index in [0.29, 0.717) is 0 Å². The maximum absolute atomic E-state index is 9.15. The smallest absolute Gasteiger partial charge is 0.305 e. The Kier molecular flexibility index (Phi) is 3.98. The monoisotopic (exact) mass is 297 g/mol. The summed E-state index contributed by atoms with van der Waals surface area (Å²) in [5, 5.41) is 30.5. The number of benzene rings is 1. The highest BCUT2D eigenvalue weighted by atomic mass is 16.7. The van der Waals surface area contributed by atoms with E-state index < -0.39 is 5.97 Å². The van der Waals surface area contributed by atoms with Crippen molar-refractivity contribution < 1.29 is 15.3 Å². The van der Waals surface area contributed by atoms with E-state index >= 15 is 0 Å². The molecule has 4 heteroatoms. The van der Waals surface area contributed by atoms with Gasteiger partial charge in [-0.1, -0.05) is 48.6 Å². The Balaban J connectivity index is 1.80. The van der Waals surface area contributed by atoms with E-state index in [1.54, 1.807) is 6.08 Å². The molecule has 1 unspecified atom stereocenters. The fourth-order valence-corrected chi connectivity index (χ4v) is 2.67. The van der Waals surface area contributed by atoms with E-state index in [9.17, 15) is 0 Å². The van der Waals surface area contributed by atoms with Gasteiger partial charge in [0.25, 0.3) is 0 Å². The van der Waals surface area contributed by atoms with Gasteiger partial charge in [0, 0.05) is 6.20 Å². The van der Waals surface area contributed by atoms with E-state index in [1.165, 1.54) is 23.4 Å². The predicted molar refractivity (Wildman–Crippen MR) is 85.3 cm³/mol. The molecule has 3 rings (SSSR count). The van der Waals surface area contributed by atoms with Crippen LogP contribution in [0.4, 0.5) is 0 Å². The molecule has 1 atom stereocenters. The molecule has 0 spiro atoms. The fraction of sp³-hybridized carbons (Fsp3) is 0.222. The van der Waals surface area contributed by atoms with Crippen LogP contribution in [-0.4, -0.2) is 21.3 Å². The van der Waals surface area contributed by atoms with Crippen molar-refractivity contribution in [3.05, 3.63) is 77.5 Å². The van der Waals surface area contributed by atoms with Crippen molar-refractivity contribution >= 4 is 5.57 Å². The maximum Gasteiger partial charge on any atom is 0.305 e. The van der Waals surface area contributed by atoms with Crippen LogP contribution in [-0.2, 0) is 0 Å². The molecule has 0 saturated heterocycles. The molecule has 0 fully saturated rings. The van der Waals surface area contributed by atoms with Gasteiger partial charge >= 0.3 is 5.97 Å². The summed E-state index contributed by atoms with van der Waals surface area (Å²) in [4.78, 5) is 0. The number of hydrogen-bond donors (Lipinski definition) is 4. The molecule has 0 saturated carbocycles. The SMILES string of the molecule is OC(O)(O)C1=CNC(c2cccc(C3=CC=CCC3)c2)C=C1. The highest BCUT2D eigenvalue weighted by Crippen LogP contribution is 2.28. The lowest BCUT2D eigenvalue weighted by atomic mass is 9.93. The molecule has 4 nitrogen and oxygen atoms in total. The zero-order valence-electron chi connectivity index (χ0n) is 12.1. The second-order valence-corrected chi connectivity index (χ2v) is 5.52. The lowest BCUT2D eigenvalue weighted by molar-refractivity contribution is -0.279. The number of hydrogen-bond acceptors (Lipinski definition) is 4.